The van der Waals surface area contributed by atoms with Crippen LogP contribution in [0.1, 0.15) is 36.7 Å². The number of benzene rings is 2. The van der Waals surface area contributed by atoms with Gasteiger partial charge in [-0.1, -0.05) is 67.9 Å². The van der Waals surface area contributed by atoms with Crippen molar-refractivity contribution in [2.24, 2.45) is 0 Å². The number of hydrogen-bond acceptors (Lipinski definition) is 4. The number of hydrogen-bond donors (Lipinski definition) is 0. The molecule has 2 aromatic rings. The number of carbonyl (C=O) groups is 2. The summed E-state index contributed by atoms with van der Waals surface area (Å²) in [5.74, 6) is -0.988. The van der Waals surface area contributed by atoms with Crippen LogP contribution in [-0.2, 0) is 14.3 Å². The van der Waals surface area contributed by atoms with Crippen LogP contribution in [0.3, 0.4) is 0 Å². The van der Waals surface area contributed by atoms with Crippen LogP contribution in [0.2, 0.25) is 0 Å². The van der Waals surface area contributed by atoms with Gasteiger partial charge in [-0.25, -0.2) is 4.79 Å². The summed E-state index contributed by atoms with van der Waals surface area (Å²) in [6.45, 7) is 6.99. The first-order valence-electron chi connectivity index (χ1n) is 7.47. The van der Waals surface area contributed by atoms with E-state index in [9.17, 15) is 9.59 Å². The van der Waals surface area contributed by atoms with Crippen molar-refractivity contribution in [2.45, 2.75) is 27.7 Å². The van der Waals surface area contributed by atoms with Crippen molar-refractivity contribution in [3.05, 3.63) is 71.8 Å². The standard InChI is InChI=1S/C10H10O4.C7H8.C2H6/c1-8(11)13-7-14-10(12)9-5-3-2-4-6-9;1-7-5-3-2-4-6-7;1-2/h2-6H,7H2,1H3;2-6H,1H3;1-2H3. The van der Waals surface area contributed by atoms with E-state index in [4.69, 9.17) is 0 Å². The Hall–Kier alpha value is -2.62. The smallest absolute Gasteiger partial charge is 0.340 e. The highest BCUT2D eigenvalue weighted by Crippen LogP contribution is 2.00. The lowest BCUT2D eigenvalue weighted by Gasteiger charge is -2.03. The molecule has 0 saturated carbocycles. The first kappa shape index (κ1) is 20.4. The predicted molar refractivity (Wildman–Crippen MR) is 91.0 cm³/mol. The second kappa shape index (κ2) is 13.1. The Morgan fingerprint density at radius 3 is 1.70 bits per heavy atom. The molecule has 0 aliphatic carbocycles. The van der Waals surface area contributed by atoms with E-state index in [1.54, 1.807) is 30.3 Å². The highest BCUT2D eigenvalue weighted by atomic mass is 16.7. The highest BCUT2D eigenvalue weighted by molar-refractivity contribution is 5.89. The van der Waals surface area contributed by atoms with Crippen molar-refractivity contribution < 1.29 is 19.1 Å². The molecule has 0 aliphatic heterocycles. The molecule has 0 amide bonds. The lowest BCUT2D eigenvalue weighted by atomic mass is 10.2. The molecule has 4 heteroatoms. The lowest BCUT2D eigenvalue weighted by Crippen LogP contribution is -2.10. The van der Waals surface area contributed by atoms with Gasteiger partial charge in [-0.05, 0) is 19.1 Å². The van der Waals surface area contributed by atoms with E-state index in [0.29, 0.717) is 5.56 Å². The molecule has 0 atom stereocenters. The van der Waals surface area contributed by atoms with Crippen LogP contribution in [0.15, 0.2) is 60.7 Å². The Bertz CT molecular complexity index is 550. The molecule has 23 heavy (non-hydrogen) atoms. The first-order valence-corrected chi connectivity index (χ1v) is 7.47. The average molecular weight is 316 g/mol. The normalized spacial score (nSPS) is 8.52. The lowest BCUT2D eigenvalue weighted by molar-refractivity contribution is -0.149. The maximum absolute atomic E-state index is 11.2. The van der Waals surface area contributed by atoms with Crippen LogP contribution in [0, 0.1) is 6.92 Å². The molecular weight excluding hydrogens is 292 g/mol. The van der Waals surface area contributed by atoms with Gasteiger partial charge in [-0.15, -0.1) is 0 Å². The summed E-state index contributed by atoms with van der Waals surface area (Å²) in [5, 5.41) is 0. The Kier molecular flexibility index (Phi) is 11.6. The Labute approximate surface area is 138 Å². The van der Waals surface area contributed by atoms with Gasteiger partial charge in [0.1, 0.15) is 0 Å². The van der Waals surface area contributed by atoms with Crippen LogP contribution in [0.4, 0.5) is 0 Å². The van der Waals surface area contributed by atoms with Crippen molar-refractivity contribution in [2.75, 3.05) is 6.79 Å². The molecule has 2 aromatic carbocycles. The van der Waals surface area contributed by atoms with Crippen LogP contribution in [-0.4, -0.2) is 18.7 Å². The predicted octanol–water partition coefficient (Wildman–Crippen LogP) is 4.39. The van der Waals surface area contributed by atoms with Gasteiger partial charge in [-0.3, -0.25) is 4.79 Å². The quantitative estimate of drug-likeness (QED) is 0.622. The number of carbonyl (C=O) groups excluding carboxylic acids is 2. The van der Waals surface area contributed by atoms with Gasteiger partial charge in [0.25, 0.3) is 0 Å². The molecule has 0 spiro atoms. The molecule has 0 heterocycles. The molecule has 0 aromatic heterocycles. The van der Waals surface area contributed by atoms with Crippen LogP contribution < -0.4 is 0 Å². The molecule has 4 nitrogen and oxygen atoms in total. The second-order valence-corrected chi connectivity index (χ2v) is 4.21. The number of esters is 2. The Morgan fingerprint density at radius 2 is 1.30 bits per heavy atom. The minimum Gasteiger partial charge on any atom is -0.428 e. The van der Waals surface area contributed by atoms with E-state index in [1.165, 1.54) is 12.5 Å². The maximum Gasteiger partial charge on any atom is 0.340 e. The highest BCUT2D eigenvalue weighted by Gasteiger charge is 2.05. The van der Waals surface area contributed by atoms with Gasteiger partial charge in [0, 0.05) is 6.92 Å². The van der Waals surface area contributed by atoms with Crippen molar-refractivity contribution in [3.8, 4) is 0 Å². The summed E-state index contributed by atoms with van der Waals surface area (Å²) < 4.78 is 9.11. The zero-order chi connectivity index (χ0) is 17.5. The number of rotatable bonds is 3. The van der Waals surface area contributed by atoms with Gasteiger partial charge < -0.3 is 9.47 Å². The largest absolute Gasteiger partial charge is 0.428 e. The summed E-state index contributed by atoms with van der Waals surface area (Å²) in [6.07, 6.45) is 0. The molecule has 0 saturated heterocycles. The monoisotopic (exact) mass is 316 g/mol. The van der Waals surface area contributed by atoms with Crippen molar-refractivity contribution in [3.63, 3.8) is 0 Å². The molecule has 0 bridgehead atoms. The van der Waals surface area contributed by atoms with Crippen molar-refractivity contribution in [1.82, 2.24) is 0 Å². The Morgan fingerprint density at radius 1 is 0.826 bits per heavy atom. The van der Waals surface area contributed by atoms with Crippen LogP contribution in [0.5, 0.6) is 0 Å². The topological polar surface area (TPSA) is 52.6 Å². The van der Waals surface area contributed by atoms with Crippen LogP contribution in [0.25, 0.3) is 0 Å². The summed E-state index contributed by atoms with van der Waals surface area (Å²) in [7, 11) is 0. The summed E-state index contributed by atoms with van der Waals surface area (Å²) in [6, 6.07) is 18.7. The average Bonchev–Trinajstić information content (AvgIpc) is 2.58. The third kappa shape index (κ3) is 10.7. The van der Waals surface area contributed by atoms with Crippen LogP contribution >= 0.6 is 0 Å². The molecule has 0 aliphatic rings. The van der Waals surface area contributed by atoms with Gasteiger partial charge in [0.2, 0.25) is 6.79 Å². The van der Waals surface area contributed by atoms with E-state index in [2.05, 4.69) is 28.5 Å². The van der Waals surface area contributed by atoms with Gasteiger partial charge >= 0.3 is 11.9 Å². The zero-order valence-electron chi connectivity index (χ0n) is 14.1. The first-order chi connectivity index (χ1) is 11.1. The summed E-state index contributed by atoms with van der Waals surface area (Å²) in [4.78, 5) is 21.6. The second-order valence-electron chi connectivity index (χ2n) is 4.21. The molecule has 124 valence electrons. The van der Waals surface area contributed by atoms with Gasteiger partial charge in [0.15, 0.2) is 0 Å². The fourth-order valence-corrected chi connectivity index (χ4v) is 1.36. The third-order valence-corrected chi connectivity index (χ3v) is 2.40. The summed E-state index contributed by atoms with van der Waals surface area (Å²) >= 11 is 0. The van der Waals surface area contributed by atoms with E-state index in [1.807, 2.05) is 32.0 Å². The summed E-state index contributed by atoms with van der Waals surface area (Å²) in [5.41, 5.74) is 1.75. The van der Waals surface area contributed by atoms with Crippen molar-refractivity contribution >= 4 is 11.9 Å². The third-order valence-electron chi connectivity index (χ3n) is 2.40. The number of aryl methyl sites for hydroxylation is 1. The number of ether oxygens (including phenoxy) is 2. The minimum absolute atomic E-state index is 0.344. The fourth-order valence-electron chi connectivity index (χ4n) is 1.36. The molecule has 0 fully saturated rings. The van der Waals surface area contributed by atoms with E-state index in [0.717, 1.165) is 0 Å². The molecular formula is C19H24O4. The molecule has 0 N–H and O–H groups in total. The van der Waals surface area contributed by atoms with Gasteiger partial charge in [-0.2, -0.15) is 0 Å². The van der Waals surface area contributed by atoms with E-state index < -0.39 is 11.9 Å². The maximum atomic E-state index is 11.2. The molecule has 0 unspecified atom stereocenters. The van der Waals surface area contributed by atoms with E-state index >= 15 is 0 Å². The van der Waals surface area contributed by atoms with E-state index in [-0.39, 0.29) is 6.79 Å². The molecule has 2 rings (SSSR count). The molecule has 0 radical (unpaired) electrons. The Balaban J connectivity index is 0.000000449. The van der Waals surface area contributed by atoms with Crippen molar-refractivity contribution in [1.29, 1.82) is 0 Å². The minimum atomic E-state index is -0.508. The van der Waals surface area contributed by atoms with Gasteiger partial charge in [0.05, 0.1) is 5.56 Å². The fraction of sp³-hybridized carbons (Fsp3) is 0.263. The zero-order valence-corrected chi connectivity index (χ0v) is 14.1. The SMILES string of the molecule is CC.CC(=O)OCOC(=O)c1ccccc1.Cc1ccccc1.